The molecule has 1 aliphatic heterocycles. The smallest absolute Gasteiger partial charge is 0.269 e. The maximum Gasteiger partial charge on any atom is 0.269 e. The number of hydrogen-bond acceptors (Lipinski definition) is 4. The molecule has 5 nitrogen and oxygen atoms in total. The first-order valence-electron chi connectivity index (χ1n) is 6.64. The van der Waals surface area contributed by atoms with Gasteiger partial charge in [-0.2, -0.15) is 5.10 Å². The average molecular weight is 261 g/mol. The number of nitrogens with zero attached hydrogens (tertiary/aromatic N) is 3. The summed E-state index contributed by atoms with van der Waals surface area (Å²) in [5.74, 6) is 0. The van der Waals surface area contributed by atoms with E-state index in [1.54, 1.807) is 18.3 Å². The van der Waals surface area contributed by atoms with Crippen LogP contribution in [0.4, 0.5) is 5.69 Å². The van der Waals surface area contributed by atoms with E-state index in [-0.39, 0.29) is 5.69 Å². The summed E-state index contributed by atoms with van der Waals surface area (Å²) in [5, 5.41) is 17.2. The van der Waals surface area contributed by atoms with Gasteiger partial charge >= 0.3 is 0 Å². The van der Waals surface area contributed by atoms with E-state index in [9.17, 15) is 10.1 Å². The number of rotatable bonds is 3. The lowest BCUT2D eigenvalue weighted by molar-refractivity contribution is -0.384. The summed E-state index contributed by atoms with van der Waals surface area (Å²) in [5.41, 5.74) is 0.993. The van der Waals surface area contributed by atoms with Crippen LogP contribution in [-0.4, -0.2) is 28.2 Å². The van der Waals surface area contributed by atoms with Crippen LogP contribution in [0.2, 0.25) is 0 Å². The molecule has 0 unspecified atom stereocenters. The molecular formula is C14H19N3O2. The maximum atomic E-state index is 10.6. The Morgan fingerprint density at radius 3 is 2.37 bits per heavy atom. The molecule has 1 fully saturated rings. The molecule has 102 valence electrons. The first-order chi connectivity index (χ1) is 9.08. The fraction of sp³-hybridized carbons (Fsp3) is 0.500. The quantitative estimate of drug-likeness (QED) is 0.477. The van der Waals surface area contributed by atoms with Crippen LogP contribution in [-0.2, 0) is 0 Å². The second-order valence-corrected chi connectivity index (χ2v) is 5.10. The Labute approximate surface area is 113 Å². The Balaban J connectivity index is 2.07. The van der Waals surface area contributed by atoms with Crippen LogP contribution in [0.1, 0.15) is 38.7 Å². The van der Waals surface area contributed by atoms with Gasteiger partial charge in [0.2, 0.25) is 0 Å². The predicted octanol–water partition coefficient (Wildman–Crippen LogP) is 3.19. The lowest BCUT2D eigenvalue weighted by Gasteiger charge is -2.36. The van der Waals surface area contributed by atoms with E-state index in [2.05, 4.69) is 24.0 Å². The zero-order valence-electron chi connectivity index (χ0n) is 11.3. The largest absolute Gasteiger partial charge is 0.292 e. The number of piperidine rings is 1. The van der Waals surface area contributed by atoms with E-state index in [1.807, 2.05) is 0 Å². The second-order valence-electron chi connectivity index (χ2n) is 5.10. The van der Waals surface area contributed by atoms with Crippen LogP contribution in [0.25, 0.3) is 0 Å². The molecule has 1 heterocycles. The molecule has 1 aliphatic rings. The molecule has 0 N–H and O–H groups in total. The minimum absolute atomic E-state index is 0.108. The van der Waals surface area contributed by atoms with Crippen molar-refractivity contribution in [3.8, 4) is 0 Å². The zero-order chi connectivity index (χ0) is 13.8. The number of hydrazone groups is 1. The average Bonchev–Trinajstić information content (AvgIpc) is 2.38. The van der Waals surface area contributed by atoms with Crippen LogP contribution in [0.5, 0.6) is 0 Å². The lowest BCUT2D eigenvalue weighted by Crippen LogP contribution is -2.39. The van der Waals surface area contributed by atoms with Gasteiger partial charge in [-0.15, -0.1) is 0 Å². The highest BCUT2D eigenvalue weighted by molar-refractivity contribution is 5.79. The standard InChI is InChI=1S/C14H19N3O2/c1-11-4-3-5-12(2)16(11)15-10-13-6-8-14(9-7-13)17(18)19/h6-12H,3-5H2,1-2H3/b15-10-/t11-,12-/m1/s1. The third-order valence-corrected chi connectivity index (χ3v) is 3.59. The second kappa shape index (κ2) is 5.82. The molecule has 0 bridgehead atoms. The molecular weight excluding hydrogens is 242 g/mol. The van der Waals surface area contributed by atoms with Crippen molar-refractivity contribution in [1.82, 2.24) is 5.01 Å². The van der Waals surface area contributed by atoms with Crippen molar-refractivity contribution in [2.45, 2.75) is 45.2 Å². The predicted molar refractivity (Wildman–Crippen MR) is 75.3 cm³/mol. The Hall–Kier alpha value is -1.91. The van der Waals surface area contributed by atoms with Crippen molar-refractivity contribution < 1.29 is 4.92 Å². The van der Waals surface area contributed by atoms with Gasteiger partial charge in [-0.25, -0.2) is 0 Å². The summed E-state index contributed by atoms with van der Waals surface area (Å²) in [6.07, 6.45) is 5.37. The molecule has 0 spiro atoms. The third kappa shape index (κ3) is 3.30. The number of benzene rings is 1. The summed E-state index contributed by atoms with van der Waals surface area (Å²) >= 11 is 0. The first kappa shape index (κ1) is 13.5. The SMILES string of the molecule is C[C@@H]1CCC[C@@H](C)N1/N=C\c1ccc([N+](=O)[O-])cc1. The minimum Gasteiger partial charge on any atom is -0.292 e. The highest BCUT2D eigenvalue weighted by Crippen LogP contribution is 2.22. The van der Waals surface area contributed by atoms with Crippen molar-refractivity contribution in [1.29, 1.82) is 0 Å². The van der Waals surface area contributed by atoms with Gasteiger partial charge in [0, 0.05) is 24.2 Å². The van der Waals surface area contributed by atoms with Crippen LogP contribution in [0.15, 0.2) is 29.4 Å². The zero-order valence-corrected chi connectivity index (χ0v) is 11.3. The van der Waals surface area contributed by atoms with E-state index in [4.69, 9.17) is 0 Å². The molecule has 0 saturated carbocycles. The summed E-state index contributed by atoms with van der Waals surface area (Å²) in [7, 11) is 0. The van der Waals surface area contributed by atoms with E-state index in [0.29, 0.717) is 12.1 Å². The number of nitro groups is 1. The van der Waals surface area contributed by atoms with Gasteiger partial charge in [0.1, 0.15) is 0 Å². The van der Waals surface area contributed by atoms with E-state index in [0.717, 1.165) is 5.56 Å². The fourth-order valence-corrected chi connectivity index (χ4v) is 2.45. The van der Waals surface area contributed by atoms with Gasteiger partial charge < -0.3 is 0 Å². The van der Waals surface area contributed by atoms with Crippen LogP contribution in [0.3, 0.4) is 0 Å². The Morgan fingerprint density at radius 2 is 1.84 bits per heavy atom. The Bertz CT molecular complexity index is 460. The van der Waals surface area contributed by atoms with E-state index >= 15 is 0 Å². The van der Waals surface area contributed by atoms with E-state index < -0.39 is 4.92 Å². The monoisotopic (exact) mass is 261 g/mol. The maximum absolute atomic E-state index is 10.6. The third-order valence-electron chi connectivity index (χ3n) is 3.59. The van der Waals surface area contributed by atoms with Crippen molar-refractivity contribution in [2.24, 2.45) is 5.10 Å². The molecule has 2 atom stereocenters. The number of nitro benzene ring substituents is 1. The molecule has 0 amide bonds. The molecule has 5 heteroatoms. The molecule has 0 aliphatic carbocycles. The lowest BCUT2D eigenvalue weighted by atomic mass is 10.00. The molecule has 0 radical (unpaired) electrons. The van der Waals surface area contributed by atoms with Gasteiger partial charge in [-0.05, 0) is 50.8 Å². The van der Waals surface area contributed by atoms with Gasteiger partial charge in [0.15, 0.2) is 0 Å². The molecule has 0 aromatic heterocycles. The molecule has 2 rings (SSSR count). The normalized spacial score (nSPS) is 23.8. The Kier molecular flexibility index (Phi) is 4.14. The van der Waals surface area contributed by atoms with E-state index in [1.165, 1.54) is 31.4 Å². The van der Waals surface area contributed by atoms with Crippen molar-refractivity contribution in [3.63, 3.8) is 0 Å². The highest BCUT2D eigenvalue weighted by atomic mass is 16.6. The van der Waals surface area contributed by atoms with Gasteiger partial charge in [-0.3, -0.25) is 15.1 Å². The van der Waals surface area contributed by atoms with Crippen molar-refractivity contribution in [2.75, 3.05) is 0 Å². The molecule has 1 saturated heterocycles. The van der Waals surface area contributed by atoms with Gasteiger partial charge in [-0.1, -0.05) is 0 Å². The molecule has 1 aromatic rings. The van der Waals surface area contributed by atoms with Gasteiger partial charge in [0.25, 0.3) is 5.69 Å². The summed E-state index contributed by atoms with van der Waals surface area (Å²) in [6.45, 7) is 4.37. The Morgan fingerprint density at radius 1 is 1.26 bits per heavy atom. The first-order valence-corrected chi connectivity index (χ1v) is 6.64. The van der Waals surface area contributed by atoms with Crippen LogP contribution < -0.4 is 0 Å². The number of hydrogen-bond donors (Lipinski definition) is 0. The topological polar surface area (TPSA) is 58.7 Å². The summed E-state index contributed by atoms with van der Waals surface area (Å²) < 4.78 is 0. The summed E-state index contributed by atoms with van der Waals surface area (Å²) in [6, 6.07) is 7.37. The minimum atomic E-state index is -0.393. The molecule has 1 aromatic carbocycles. The van der Waals surface area contributed by atoms with Crippen molar-refractivity contribution in [3.05, 3.63) is 39.9 Å². The van der Waals surface area contributed by atoms with Gasteiger partial charge in [0.05, 0.1) is 11.1 Å². The summed E-state index contributed by atoms with van der Waals surface area (Å²) in [4.78, 5) is 10.2. The molecule has 19 heavy (non-hydrogen) atoms. The number of non-ortho nitro benzene ring substituents is 1. The van der Waals surface area contributed by atoms with Crippen LogP contribution >= 0.6 is 0 Å². The highest BCUT2D eigenvalue weighted by Gasteiger charge is 2.22. The van der Waals surface area contributed by atoms with Crippen molar-refractivity contribution >= 4 is 11.9 Å². The fourth-order valence-electron chi connectivity index (χ4n) is 2.45. The van der Waals surface area contributed by atoms with Crippen LogP contribution in [0, 0.1) is 10.1 Å².